The summed E-state index contributed by atoms with van der Waals surface area (Å²) in [4.78, 5) is 30.2. The van der Waals surface area contributed by atoms with Crippen molar-refractivity contribution in [2.75, 3.05) is 0 Å². The third-order valence-electron chi connectivity index (χ3n) is 4.65. The predicted molar refractivity (Wildman–Crippen MR) is 109 cm³/mol. The Labute approximate surface area is 169 Å². The van der Waals surface area contributed by atoms with E-state index < -0.39 is 22.8 Å². The van der Waals surface area contributed by atoms with Crippen LogP contribution in [0.1, 0.15) is 21.5 Å². The summed E-state index contributed by atoms with van der Waals surface area (Å²) in [5, 5.41) is 9.55. The van der Waals surface area contributed by atoms with E-state index in [4.69, 9.17) is 16.7 Å². The number of halogens is 2. The average Bonchev–Trinajstić information content (AvgIpc) is 2.70. The SMILES string of the molecule is O=C(O)c1c[nH]c2c(F)cc(Cc3ccc(-c4ccc(Cl)nc4)cc3)cc2c1=O. The molecule has 2 aromatic heterocycles. The van der Waals surface area contributed by atoms with Crippen molar-refractivity contribution in [1.82, 2.24) is 9.97 Å². The molecule has 0 aliphatic rings. The monoisotopic (exact) mass is 408 g/mol. The molecule has 7 heteroatoms. The second-order valence-electron chi connectivity index (χ2n) is 6.58. The van der Waals surface area contributed by atoms with Crippen LogP contribution < -0.4 is 5.43 Å². The Bertz CT molecular complexity index is 1280. The Morgan fingerprint density at radius 1 is 1.07 bits per heavy atom. The van der Waals surface area contributed by atoms with Crippen LogP contribution in [0.2, 0.25) is 5.15 Å². The molecule has 29 heavy (non-hydrogen) atoms. The molecule has 2 aromatic carbocycles. The smallest absolute Gasteiger partial charge is 0.341 e. The molecule has 2 N–H and O–H groups in total. The van der Waals surface area contributed by atoms with Crippen molar-refractivity contribution in [3.8, 4) is 11.1 Å². The van der Waals surface area contributed by atoms with E-state index in [1.165, 1.54) is 12.1 Å². The molecule has 4 rings (SSSR count). The lowest BCUT2D eigenvalue weighted by molar-refractivity contribution is 0.0695. The van der Waals surface area contributed by atoms with E-state index in [1.54, 1.807) is 12.3 Å². The highest BCUT2D eigenvalue weighted by Crippen LogP contribution is 2.23. The molecule has 0 amide bonds. The normalized spacial score (nSPS) is 11.0. The van der Waals surface area contributed by atoms with Crippen molar-refractivity contribution >= 4 is 28.5 Å². The molecular formula is C22H14ClFN2O3. The molecule has 0 bridgehead atoms. The summed E-state index contributed by atoms with van der Waals surface area (Å²) in [6.07, 6.45) is 3.09. The lowest BCUT2D eigenvalue weighted by atomic mass is 9.99. The highest BCUT2D eigenvalue weighted by Gasteiger charge is 2.15. The number of carbonyl (C=O) groups is 1. The van der Waals surface area contributed by atoms with Crippen LogP contribution in [0, 0.1) is 5.82 Å². The van der Waals surface area contributed by atoms with Crippen molar-refractivity contribution in [2.24, 2.45) is 0 Å². The van der Waals surface area contributed by atoms with Crippen molar-refractivity contribution in [3.05, 3.63) is 98.8 Å². The summed E-state index contributed by atoms with van der Waals surface area (Å²) in [6.45, 7) is 0. The third kappa shape index (κ3) is 3.75. The van der Waals surface area contributed by atoms with Gasteiger partial charge in [-0.15, -0.1) is 0 Å². The van der Waals surface area contributed by atoms with Gasteiger partial charge in [0.15, 0.2) is 0 Å². The number of aromatic carboxylic acids is 1. The molecule has 0 spiro atoms. The first-order valence-corrected chi connectivity index (χ1v) is 9.08. The van der Waals surface area contributed by atoms with Gasteiger partial charge in [0.05, 0.1) is 5.52 Å². The lowest BCUT2D eigenvalue weighted by Gasteiger charge is -2.08. The minimum absolute atomic E-state index is 0.00524. The molecule has 0 aliphatic carbocycles. The molecule has 0 saturated heterocycles. The van der Waals surface area contributed by atoms with Gasteiger partial charge < -0.3 is 10.1 Å². The Morgan fingerprint density at radius 3 is 2.45 bits per heavy atom. The summed E-state index contributed by atoms with van der Waals surface area (Å²) >= 11 is 5.81. The van der Waals surface area contributed by atoms with Crippen molar-refractivity contribution in [2.45, 2.75) is 6.42 Å². The van der Waals surface area contributed by atoms with Gasteiger partial charge in [0.25, 0.3) is 0 Å². The number of hydrogen-bond donors (Lipinski definition) is 2. The number of nitrogens with one attached hydrogen (secondary N) is 1. The van der Waals surface area contributed by atoms with Gasteiger partial charge >= 0.3 is 5.97 Å². The molecule has 144 valence electrons. The van der Waals surface area contributed by atoms with Gasteiger partial charge in [0.2, 0.25) is 5.43 Å². The number of nitrogens with zero attached hydrogens (tertiary/aromatic N) is 1. The second kappa shape index (κ2) is 7.48. The van der Waals surface area contributed by atoms with Crippen LogP contribution >= 0.6 is 11.6 Å². The number of carboxylic acids is 1. The highest BCUT2D eigenvalue weighted by atomic mass is 35.5. The van der Waals surface area contributed by atoms with Crippen molar-refractivity contribution < 1.29 is 14.3 Å². The zero-order valence-electron chi connectivity index (χ0n) is 14.9. The van der Waals surface area contributed by atoms with Gasteiger partial charge in [-0.25, -0.2) is 14.2 Å². The maximum absolute atomic E-state index is 14.4. The van der Waals surface area contributed by atoms with Crippen LogP contribution in [-0.2, 0) is 6.42 Å². The molecule has 0 atom stereocenters. The second-order valence-corrected chi connectivity index (χ2v) is 6.97. The Kier molecular flexibility index (Phi) is 4.86. The van der Waals surface area contributed by atoms with E-state index in [0.29, 0.717) is 17.1 Å². The fourth-order valence-corrected chi connectivity index (χ4v) is 3.31. The summed E-state index contributed by atoms with van der Waals surface area (Å²) in [5.41, 5.74) is 2.24. The number of aromatic nitrogens is 2. The van der Waals surface area contributed by atoms with E-state index in [-0.39, 0.29) is 10.9 Å². The fraction of sp³-hybridized carbons (Fsp3) is 0.0455. The van der Waals surface area contributed by atoms with Crippen molar-refractivity contribution in [1.29, 1.82) is 0 Å². The van der Waals surface area contributed by atoms with E-state index >= 15 is 0 Å². The first-order valence-electron chi connectivity index (χ1n) is 8.70. The first kappa shape index (κ1) is 18.8. The van der Waals surface area contributed by atoms with Crippen LogP contribution in [0.4, 0.5) is 4.39 Å². The van der Waals surface area contributed by atoms with E-state index in [2.05, 4.69) is 9.97 Å². The molecule has 2 heterocycles. The minimum Gasteiger partial charge on any atom is -0.477 e. The number of pyridine rings is 2. The van der Waals surface area contributed by atoms with Crippen LogP contribution in [0.15, 0.2) is 65.7 Å². The lowest BCUT2D eigenvalue weighted by Crippen LogP contribution is -2.16. The summed E-state index contributed by atoms with van der Waals surface area (Å²) in [6, 6.07) is 14.1. The maximum Gasteiger partial charge on any atom is 0.341 e. The van der Waals surface area contributed by atoms with Gasteiger partial charge in [0.1, 0.15) is 16.5 Å². The zero-order valence-corrected chi connectivity index (χ0v) is 15.7. The highest BCUT2D eigenvalue weighted by molar-refractivity contribution is 6.29. The number of rotatable bonds is 4. The molecule has 0 saturated carbocycles. The largest absolute Gasteiger partial charge is 0.477 e. The van der Waals surface area contributed by atoms with Crippen molar-refractivity contribution in [3.63, 3.8) is 0 Å². The molecule has 0 aliphatic heterocycles. The molecule has 4 aromatic rings. The molecule has 0 fully saturated rings. The van der Waals surface area contributed by atoms with Gasteiger partial charge in [-0.3, -0.25) is 4.79 Å². The predicted octanol–water partition coefficient (Wildman–Crippen LogP) is 4.67. The Hall–Kier alpha value is -3.51. The van der Waals surface area contributed by atoms with E-state index in [1.807, 2.05) is 30.3 Å². The van der Waals surface area contributed by atoms with Crippen LogP contribution in [0.3, 0.4) is 0 Å². The molecular weight excluding hydrogens is 395 g/mol. The van der Waals surface area contributed by atoms with Crippen LogP contribution in [-0.4, -0.2) is 21.0 Å². The number of benzene rings is 2. The topological polar surface area (TPSA) is 83.0 Å². The summed E-state index contributed by atoms with van der Waals surface area (Å²) in [7, 11) is 0. The van der Waals surface area contributed by atoms with E-state index in [0.717, 1.165) is 22.9 Å². The number of carboxylic acid groups (broad SMARTS) is 1. The standard InChI is InChI=1S/C22H14ClFN2O3/c23-19-6-5-15(10-25-19)14-3-1-12(2-4-14)7-13-8-16-20(18(24)9-13)26-11-17(21(16)27)22(28)29/h1-6,8-11H,7H2,(H,26,27)(H,28,29). The van der Waals surface area contributed by atoms with E-state index in [9.17, 15) is 14.0 Å². The van der Waals surface area contributed by atoms with Gasteiger partial charge in [-0.1, -0.05) is 35.9 Å². The summed E-state index contributed by atoms with van der Waals surface area (Å²) < 4.78 is 14.4. The van der Waals surface area contributed by atoms with Gasteiger partial charge in [0, 0.05) is 23.3 Å². The maximum atomic E-state index is 14.4. The Morgan fingerprint density at radius 2 is 1.79 bits per heavy atom. The number of fused-ring (bicyclic) bond motifs is 1. The molecule has 5 nitrogen and oxygen atoms in total. The minimum atomic E-state index is -1.36. The van der Waals surface area contributed by atoms with Gasteiger partial charge in [-0.2, -0.15) is 0 Å². The number of H-pyrrole nitrogens is 1. The quantitative estimate of drug-likeness (QED) is 0.480. The number of hydrogen-bond acceptors (Lipinski definition) is 3. The summed E-state index contributed by atoms with van der Waals surface area (Å²) in [5.74, 6) is -1.96. The zero-order chi connectivity index (χ0) is 20.5. The van der Waals surface area contributed by atoms with Gasteiger partial charge in [-0.05, 0) is 47.4 Å². The average molecular weight is 409 g/mol. The van der Waals surface area contributed by atoms with Crippen LogP contribution in [0.5, 0.6) is 0 Å². The molecule has 0 unspecified atom stereocenters. The first-order chi connectivity index (χ1) is 13.9. The van der Waals surface area contributed by atoms with Crippen LogP contribution in [0.25, 0.3) is 22.0 Å². The molecule has 0 radical (unpaired) electrons. The fourth-order valence-electron chi connectivity index (χ4n) is 3.20. The number of aromatic amines is 1. The third-order valence-corrected chi connectivity index (χ3v) is 4.88. The Balaban J connectivity index is 1.67.